The number of rotatable bonds is 2. The van der Waals surface area contributed by atoms with Gasteiger partial charge >= 0.3 is 0 Å². The molecule has 0 aromatic heterocycles. The van der Waals surface area contributed by atoms with Crippen LogP contribution in [-0.4, -0.2) is 5.11 Å². The highest BCUT2D eigenvalue weighted by molar-refractivity contribution is 5.83. The lowest BCUT2D eigenvalue weighted by Crippen LogP contribution is -2.43. The van der Waals surface area contributed by atoms with E-state index in [1.54, 1.807) is 0 Å². The Labute approximate surface area is 119 Å². The maximum atomic E-state index is 10.8. The number of hydrogen-bond acceptors (Lipinski definition) is 2. The van der Waals surface area contributed by atoms with Crippen molar-refractivity contribution in [2.24, 2.45) is 11.7 Å². The van der Waals surface area contributed by atoms with Gasteiger partial charge < -0.3 is 10.8 Å². The Bertz CT molecular complexity index is 677. The van der Waals surface area contributed by atoms with E-state index in [0.717, 1.165) is 29.7 Å². The number of allylic oxidation sites excluding steroid dienone is 2. The summed E-state index contributed by atoms with van der Waals surface area (Å²) in [5, 5.41) is 13.1. The lowest BCUT2D eigenvalue weighted by atomic mass is 9.65. The summed E-state index contributed by atoms with van der Waals surface area (Å²) in [6.07, 6.45) is 1.45. The molecule has 0 atom stereocenters. The molecule has 0 bridgehead atoms. The molecule has 1 aliphatic rings. The van der Waals surface area contributed by atoms with Crippen molar-refractivity contribution in [1.29, 1.82) is 0 Å². The van der Waals surface area contributed by atoms with Gasteiger partial charge in [-0.05, 0) is 49.1 Å². The van der Waals surface area contributed by atoms with Crippen LogP contribution in [0.25, 0.3) is 10.8 Å². The summed E-state index contributed by atoms with van der Waals surface area (Å²) in [5.74, 6) is 0.316. The van der Waals surface area contributed by atoms with E-state index in [4.69, 9.17) is 5.73 Å². The zero-order valence-corrected chi connectivity index (χ0v) is 12.1. The van der Waals surface area contributed by atoms with Crippen molar-refractivity contribution >= 4 is 10.8 Å². The molecule has 2 aromatic rings. The Hall–Kier alpha value is -1.80. The third-order valence-corrected chi connectivity index (χ3v) is 4.47. The Kier molecular flexibility index (Phi) is 3.06. The van der Waals surface area contributed by atoms with Gasteiger partial charge in [-0.15, -0.1) is 0 Å². The first-order chi connectivity index (χ1) is 9.49. The molecular formula is C18H21NO. The minimum absolute atomic E-state index is 0.316. The van der Waals surface area contributed by atoms with Gasteiger partial charge in [0.05, 0.1) is 5.60 Å². The van der Waals surface area contributed by atoms with Crippen LogP contribution in [-0.2, 0) is 5.60 Å². The first-order valence-corrected chi connectivity index (χ1v) is 7.14. The third kappa shape index (κ3) is 2.10. The number of hydrogen-bond donors (Lipinski definition) is 2. The van der Waals surface area contributed by atoms with Crippen LogP contribution in [0.1, 0.15) is 32.3 Å². The fraction of sp³-hybridized carbons (Fsp3) is 0.333. The highest BCUT2D eigenvalue weighted by Gasteiger charge is 2.45. The zero-order chi connectivity index (χ0) is 14.3. The van der Waals surface area contributed by atoms with Gasteiger partial charge in [0.25, 0.3) is 0 Å². The fourth-order valence-electron chi connectivity index (χ4n) is 3.10. The van der Waals surface area contributed by atoms with Crippen molar-refractivity contribution < 1.29 is 5.11 Å². The quantitative estimate of drug-likeness (QED) is 0.871. The maximum Gasteiger partial charge on any atom is 0.0909 e. The lowest BCUT2D eigenvalue weighted by molar-refractivity contribution is -0.0689. The molecule has 0 saturated heterocycles. The van der Waals surface area contributed by atoms with Crippen LogP contribution in [0.4, 0.5) is 0 Å². The van der Waals surface area contributed by atoms with Crippen molar-refractivity contribution in [3.05, 3.63) is 59.3 Å². The summed E-state index contributed by atoms with van der Waals surface area (Å²) < 4.78 is 0. The molecule has 0 amide bonds. The molecule has 0 unspecified atom stereocenters. The molecule has 2 nitrogen and oxygen atoms in total. The Morgan fingerprint density at radius 1 is 1.10 bits per heavy atom. The van der Waals surface area contributed by atoms with E-state index < -0.39 is 5.60 Å². The SMILES string of the molecule is CC(C)=C(N)C1CC(O)(c2ccc3ccccc3c2)C1. The third-order valence-electron chi connectivity index (χ3n) is 4.47. The summed E-state index contributed by atoms with van der Waals surface area (Å²) in [5.41, 5.74) is 8.48. The first-order valence-electron chi connectivity index (χ1n) is 7.14. The molecule has 3 N–H and O–H groups in total. The van der Waals surface area contributed by atoms with Crippen molar-refractivity contribution in [3.63, 3.8) is 0 Å². The van der Waals surface area contributed by atoms with Crippen LogP contribution in [0.3, 0.4) is 0 Å². The summed E-state index contributed by atoms with van der Waals surface area (Å²) in [6.45, 7) is 4.06. The number of nitrogens with two attached hydrogens (primary N) is 1. The Morgan fingerprint density at radius 3 is 2.40 bits per heavy atom. The van der Waals surface area contributed by atoms with Crippen molar-refractivity contribution in [1.82, 2.24) is 0 Å². The molecule has 0 radical (unpaired) electrons. The summed E-state index contributed by atoms with van der Waals surface area (Å²) >= 11 is 0. The molecule has 0 aliphatic heterocycles. The number of benzene rings is 2. The second kappa shape index (κ2) is 4.64. The van der Waals surface area contributed by atoms with Gasteiger partial charge in [-0.25, -0.2) is 0 Å². The van der Waals surface area contributed by atoms with E-state index in [1.165, 1.54) is 10.8 Å². The molecule has 20 heavy (non-hydrogen) atoms. The topological polar surface area (TPSA) is 46.2 Å². The van der Waals surface area contributed by atoms with E-state index in [1.807, 2.05) is 32.0 Å². The molecule has 2 aromatic carbocycles. The molecule has 2 heteroatoms. The smallest absolute Gasteiger partial charge is 0.0909 e. The standard InChI is InChI=1S/C18H21NO/c1-12(2)17(19)15-10-18(20,11-15)16-8-7-13-5-3-4-6-14(13)9-16/h3-9,15,20H,10-11,19H2,1-2H3. The van der Waals surface area contributed by atoms with Crippen molar-refractivity contribution in [2.75, 3.05) is 0 Å². The monoisotopic (exact) mass is 267 g/mol. The van der Waals surface area contributed by atoms with E-state index >= 15 is 0 Å². The normalized spacial score (nSPS) is 25.2. The van der Waals surface area contributed by atoms with Crippen LogP contribution in [0.2, 0.25) is 0 Å². The number of fused-ring (bicyclic) bond motifs is 1. The van der Waals surface area contributed by atoms with Gasteiger partial charge in [0.1, 0.15) is 0 Å². The summed E-state index contributed by atoms with van der Waals surface area (Å²) in [6, 6.07) is 14.5. The van der Waals surface area contributed by atoms with Crippen molar-refractivity contribution in [3.8, 4) is 0 Å². The van der Waals surface area contributed by atoms with Gasteiger partial charge in [0.2, 0.25) is 0 Å². The average Bonchev–Trinajstić information content (AvgIpc) is 2.42. The van der Waals surface area contributed by atoms with Crippen LogP contribution in [0.5, 0.6) is 0 Å². The predicted molar refractivity (Wildman–Crippen MR) is 83.1 cm³/mol. The van der Waals surface area contributed by atoms with Gasteiger partial charge in [-0.1, -0.05) is 42.0 Å². The summed E-state index contributed by atoms with van der Waals surface area (Å²) in [7, 11) is 0. The van der Waals surface area contributed by atoms with Gasteiger partial charge in [0, 0.05) is 11.6 Å². The fourth-order valence-corrected chi connectivity index (χ4v) is 3.10. The van der Waals surface area contributed by atoms with E-state index in [9.17, 15) is 5.11 Å². The Morgan fingerprint density at radius 2 is 1.75 bits per heavy atom. The predicted octanol–water partition coefficient (Wildman–Crippen LogP) is 3.69. The molecule has 0 heterocycles. The van der Waals surface area contributed by atoms with E-state index in [2.05, 4.69) is 24.3 Å². The van der Waals surface area contributed by atoms with E-state index in [0.29, 0.717) is 5.92 Å². The molecule has 1 fully saturated rings. The molecular weight excluding hydrogens is 246 g/mol. The minimum atomic E-state index is -0.714. The minimum Gasteiger partial charge on any atom is -0.402 e. The van der Waals surface area contributed by atoms with Crippen LogP contribution in [0, 0.1) is 5.92 Å². The Balaban J connectivity index is 1.87. The van der Waals surface area contributed by atoms with Crippen LogP contribution < -0.4 is 5.73 Å². The second-order valence-corrected chi connectivity index (χ2v) is 6.15. The zero-order valence-electron chi connectivity index (χ0n) is 12.1. The largest absolute Gasteiger partial charge is 0.402 e. The molecule has 1 saturated carbocycles. The maximum absolute atomic E-state index is 10.8. The van der Waals surface area contributed by atoms with Gasteiger partial charge in [-0.2, -0.15) is 0 Å². The second-order valence-electron chi connectivity index (χ2n) is 6.15. The van der Waals surface area contributed by atoms with E-state index in [-0.39, 0.29) is 0 Å². The highest BCUT2D eigenvalue weighted by Crippen LogP contribution is 2.48. The van der Waals surface area contributed by atoms with Gasteiger partial charge in [0.15, 0.2) is 0 Å². The molecule has 104 valence electrons. The van der Waals surface area contributed by atoms with Crippen LogP contribution >= 0.6 is 0 Å². The van der Waals surface area contributed by atoms with Crippen LogP contribution in [0.15, 0.2) is 53.7 Å². The first kappa shape index (κ1) is 13.2. The lowest BCUT2D eigenvalue weighted by Gasteiger charge is -2.44. The molecule has 0 spiro atoms. The number of aliphatic hydroxyl groups is 1. The summed E-state index contributed by atoms with van der Waals surface area (Å²) in [4.78, 5) is 0. The van der Waals surface area contributed by atoms with Crippen molar-refractivity contribution in [2.45, 2.75) is 32.3 Å². The molecule has 1 aliphatic carbocycles. The molecule has 3 rings (SSSR count). The average molecular weight is 267 g/mol. The highest BCUT2D eigenvalue weighted by atomic mass is 16.3. The van der Waals surface area contributed by atoms with Gasteiger partial charge in [-0.3, -0.25) is 0 Å².